The third-order valence-electron chi connectivity index (χ3n) is 5.19. The van der Waals surface area contributed by atoms with Crippen molar-refractivity contribution < 1.29 is 13.6 Å². The maximum atomic E-state index is 14.1. The summed E-state index contributed by atoms with van der Waals surface area (Å²) in [5.74, 6) is -0.781. The Bertz CT molecular complexity index is 986. The third kappa shape index (κ3) is 3.52. The zero-order valence-electron chi connectivity index (χ0n) is 15.5. The molecule has 1 saturated carbocycles. The van der Waals surface area contributed by atoms with Crippen molar-refractivity contribution in [3.8, 4) is 11.3 Å². The molecule has 0 saturated heterocycles. The minimum absolute atomic E-state index is 0.0554. The molecular formula is C23H20F2N2O. The normalized spacial score (nSPS) is 18.0. The van der Waals surface area contributed by atoms with Gasteiger partial charge in [-0.15, -0.1) is 0 Å². The van der Waals surface area contributed by atoms with Crippen LogP contribution in [0.15, 0.2) is 66.9 Å². The standard InChI is InChI=1S/C23H20F2N2O/c1-2-27(22-6-4-3-5-20(22)25)23(28)19-13-18(19)16-9-12-21(26-14-16)15-7-10-17(24)11-8-15/h3-12,14,18-19H,2,13H2,1H3/t18-,19+/m0/s1. The van der Waals surface area contributed by atoms with E-state index in [0.717, 1.165) is 23.2 Å². The van der Waals surface area contributed by atoms with Gasteiger partial charge in [0.15, 0.2) is 0 Å². The second kappa shape index (κ2) is 7.50. The molecule has 3 aromatic rings. The predicted octanol–water partition coefficient (Wildman–Crippen LogP) is 5.18. The number of benzene rings is 2. The van der Waals surface area contributed by atoms with E-state index in [-0.39, 0.29) is 29.4 Å². The maximum Gasteiger partial charge on any atom is 0.230 e. The van der Waals surface area contributed by atoms with Gasteiger partial charge in [-0.25, -0.2) is 8.78 Å². The number of hydrogen-bond donors (Lipinski definition) is 0. The Morgan fingerprint density at radius 2 is 1.82 bits per heavy atom. The molecule has 1 heterocycles. The van der Waals surface area contributed by atoms with E-state index in [0.29, 0.717) is 12.2 Å². The number of amides is 1. The zero-order chi connectivity index (χ0) is 19.7. The average molecular weight is 378 g/mol. The maximum absolute atomic E-state index is 14.1. The Balaban J connectivity index is 1.48. The summed E-state index contributed by atoms with van der Waals surface area (Å²) >= 11 is 0. The van der Waals surface area contributed by atoms with Crippen LogP contribution in [0.2, 0.25) is 0 Å². The summed E-state index contributed by atoms with van der Waals surface area (Å²) in [5, 5.41) is 0. The van der Waals surface area contributed by atoms with Crippen LogP contribution in [0.4, 0.5) is 14.5 Å². The molecule has 1 amide bonds. The molecule has 0 unspecified atom stereocenters. The van der Waals surface area contributed by atoms with Gasteiger partial charge in [-0.05, 0) is 67.3 Å². The number of rotatable bonds is 5. The second-order valence-corrected chi connectivity index (χ2v) is 6.97. The number of para-hydroxylation sites is 1. The van der Waals surface area contributed by atoms with E-state index in [1.807, 2.05) is 19.1 Å². The molecule has 1 aliphatic rings. The van der Waals surface area contributed by atoms with E-state index in [1.54, 1.807) is 36.5 Å². The number of nitrogens with zero attached hydrogens (tertiary/aromatic N) is 2. The lowest BCUT2D eigenvalue weighted by molar-refractivity contribution is -0.119. The summed E-state index contributed by atoms with van der Waals surface area (Å²) in [7, 11) is 0. The van der Waals surface area contributed by atoms with E-state index >= 15 is 0 Å². The Hall–Kier alpha value is -3.08. The van der Waals surface area contributed by atoms with Gasteiger partial charge in [-0.1, -0.05) is 18.2 Å². The highest BCUT2D eigenvalue weighted by Crippen LogP contribution is 2.49. The van der Waals surface area contributed by atoms with Gasteiger partial charge in [0, 0.05) is 24.2 Å². The van der Waals surface area contributed by atoms with Gasteiger partial charge in [0.2, 0.25) is 5.91 Å². The molecule has 0 spiro atoms. The molecule has 0 N–H and O–H groups in total. The third-order valence-corrected chi connectivity index (χ3v) is 5.19. The summed E-state index contributed by atoms with van der Waals surface area (Å²) in [4.78, 5) is 18.9. The smallest absolute Gasteiger partial charge is 0.230 e. The first-order chi connectivity index (χ1) is 13.6. The molecule has 142 valence electrons. The summed E-state index contributed by atoms with van der Waals surface area (Å²) in [6, 6.07) is 16.4. The highest BCUT2D eigenvalue weighted by molar-refractivity contribution is 5.97. The Morgan fingerprint density at radius 1 is 1.07 bits per heavy atom. The summed E-state index contributed by atoms with van der Waals surface area (Å²) < 4.78 is 27.2. The number of carbonyl (C=O) groups excluding carboxylic acids is 1. The average Bonchev–Trinajstić information content (AvgIpc) is 3.51. The van der Waals surface area contributed by atoms with Crippen LogP contribution in [0.25, 0.3) is 11.3 Å². The van der Waals surface area contributed by atoms with Crippen molar-refractivity contribution in [3.63, 3.8) is 0 Å². The van der Waals surface area contributed by atoms with Crippen molar-refractivity contribution >= 4 is 11.6 Å². The predicted molar refractivity (Wildman–Crippen MR) is 105 cm³/mol. The number of hydrogen-bond acceptors (Lipinski definition) is 2. The fourth-order valence-corrected chi connectivity index (χ4v) is 3.57. The van der Waals surface area contributed by atoms with Crippen LogP contribution in [0.1, 0.15) is 24.8 Å². The topological polar surface area (TPSA) is 33.2 Å². The highest BCUT2D eigenvalue weighted by atomic mass is 19.1. The number of anilines is 1. The van der Waals surface area contributed by atoms with E-state index in [2.05, 4.69) is 4.98 Å². The number of halogens is 2. The molecular weight excluding hydrogens is 358 g/mol. The minimum Gasteiger partial charge on any atom is -0.310 e. The molecule has 28 heavy (non-hydrogen) atoms. The van der Waals surface area contributed by atoms with Crippen LogP contribution < -0.4 is 4.90 Å². The van der Waals surface area contributed by atoms with Crippen LogP contribution in [0, 0.1) is 17.6 Å². The van der Waals surface area contributed by atoms with Crippen LogP contribution >= 0.6 is 0 Å². The molecule has 1 aliphatic carbocycles. The Labute approximate surface area is 162 Å². The molecule has 4 rings (SSSR count). The summed E-state index contributed by atoms with van der Waals surface area (Å²) in [6.07, 6.45) is 2.51. The summed E-state index contributed by atoms with van der Waals surface area (Å²) in [5.41, 5.74) is 2.92. The molecule has 1 aromatic heterocycles. The van der Waals surface area contributed by atoms with Crippen LogP contribution in [0.5, 0.6) is 0 Å². The van der Waals surface area contributed by atoms with Gasteiger partial charge >= 0.3 is 0 Å². The Kier molecular flexibility index (Phi) is 4.90. The van der Waals surface area contributed by atoms with Gasteiger partial charge in [0.1, 0.15) is 11.6 Å². The quantitative estimate of drug-likeness (QED) is 0.613. The highest BCUT2D eigenvalue weighted by Gasteiger charge is 2.46. The molecule has 0 radical (unpaired) electrons. The van der Waals surface area contributed by atoms with Crippen molar-refractivity contribution in [2.75, 3.05) is 11.4 Å². The largest absolute Gasteiger partial charge is 0.310 e. The van der Waals surface area contributed by atoms with Gasteiger partial charge in [0.25, 0.3) is 0 Å². The van der Waals surface area contributed by atoms with E-state index in [1.165, 1.54) is 23.1 Å². The number of pyridine rings is 1. The van der Waals surface area contributed by atoms with Crippen molar-refractivity contribution in [3.05, 3.63) is 84.1 Å². The van der Waals surface area contributed by atoms with Gasteiger partial charge < -0.3 is 4.90 Å². The first kappa shape index (κ1) is 18.3. The Morgan fingerprint density at radius 3 is 2.46 bits per heavy atom. The van der Waals surface area contributed by atoms with E-state index in [4.69, 9.17) is 0 Å². The van der Waals surface area contributed by atoms with Crippen molar-refractivity contribution in [2.45, 2.75) is 19.3 Å². The lowest BCUT2D eigenvalue weighted by atomic mass is 10.1. The van der Waals surface area contributed by atoms with Gasteiger partial charge in [-0.3, -0.25) is 9.78 Å². The lowest BCUT2D eigenvalue weighted by Crippen LogP contribution is -2.33. The zero-order valence-corrected chi connectivity index (χ0v) is 15.5. The van der Waals surface area contributed by atoms with Crippen molar-refractivity contribution in [1.29, 1.82) is 0 Å². The SMILES string of the molecule is CCN(C(=O)[C@@H]1C[C@H]1c1ccc(-c2ccc(F)cc2)nc1)c1ccccc1F. The number of carbonyl (C=O) groups is 1. The van der Waals surface area contributed by atoms with Gasteiger partial charge in [0.05, 0.1) is 11.4 Å². The molecule has 0 aliphatic heterocycles. The van der Waals surface area contributed by atoms with Crippen LogP contribution in [0.3, 0.4) is 0 Å². The molecule has 2 aromatic carbocycles. The molecule has 1 fully saturated rings. The summed E-state index contributed by atoms with van der Waals surface area (Å²) in [6.45, 7) is 2.27. The molecule has 2 atom stereocenters. The van der Waals surface area contributed by atoms with E-state index in [9.17, 15) is 13.6 Å². The second-order valence-electron chi connectivity index (χ2n) is 6.97. The molecule has 5 heteroatoms. The minimum atomic E-state index is -0.389. The monoisotopic (exact) mass is 378 g/mol. The van der Waals surface area contributed by atoms with E-state index < -0.39 is 0 Å². The first-order valence-corrected chi connectivity index (χ1v) is 9.36. The molecule has 3 nitrogen and oxygen atoms in total. The number of aromatic nitrogens is 1. The molecule has 0 bridgehead atoms. The fraction of sp³-hybridized carbons (Fsp3) is 0.217. The lowest BCUT2D eigenvalue weighted by Gasteiger charge is -2.21. The first-order valence-electron chi connectivity index (χ1n) is 9.36. The van der Waals surface area contributed by atoms with Crippen LogP contribution in [-0.2, 0) is 4.79 Å². The fourth-order valence-electron chi connectivity index (χ4n) is 3.57. The van der Waals surface area contributed by atoms with Crippen LogP contribution in [-0.4, -0.2) is 17.4 Å². The van der Waals surface area contributed by atoms with Crippen molar-refractivity contribution in [2.24, 2.45) is 5.92 Å². The van der Waals surface area contributed by atoms with Crippen molar-refractivity contribution in [1.82, 2.24) is 4.98 Å². The van der Waals surface area contributed by atoms with Gasteiger partial charge in [-0.2, -0.15) is 0 Å².